The van der Waals surface area contributed by atoms with Gasteiger partial charge in [0.15, 0.2) is 15.5 Å². The average Bonchev–Trinajstić information content (AvgIpc) is 2.96. The van der Waals surface area contributed by atoms with E-state index in [0.717, 1.165) is 6.26 Å². The maximum absolute atomic E-state index is 13.5. The number of fused-ring (bicyclic) bond motifs is 2. The summed E-state index contributed by atoms with van der Waals surface area (Å²) >= 11 is 0. The minimum Gasteiger partial charge on any atom is -0.382 e. The zero-order chi connectivity index (χ0) is 18.6. The molecule has 132 valence electrons. The molecule has 1 aromatic carbocycles. The predicted octanol–water partition coefficient (Wildman–Crippen LogP) is 2.38. The van der Waals surface area contributed by atoms with Crippen molar-refractivity contribution in [3.05, 3.63) is 48.2 Å². The topological polar surface area (TPSA) is 103 Å². The Morgan fingerprint density at radius 2 is 1.96 bits per heavy atom. The van der Waals surface area contributed by atoms with Crippen molar-refractivity contribution >= 4 is 32.2 Å². The van der Waals surface area contributed by atoms with Crippen LogP contribution in [0, 0.1) is 12.7 Å². The normalized spacial score (nSPS) is 12.1. The molecule has 0 saturated heterocycles. The smallest absolute Gasteiger partial charge is 0.180 e. The molecule has 0 saturated carbocycles. The Hall–Kier alpha value is -3.07. The maximum atomic E-state index is 13.5. The summed E-state index contributed by atoms with van der Waals surface area (Å²) < 4.78 is 38.7. The van der Waals surface area contributed by atoms with Gasteiger partial charge in [0.05, 0.1) is 17.4 Å². The number of halogens is 1. The highest BCUT2D eigenvalue weighted by molar-refractivity contribution is 7.91. The molecule has 2 N–H and O–H groups in total. The number of aromatic nitrogens is 4. The lowest BCUT2D eigenvalue weighted by atomic mass is 10.1. The first-order valence-electron chi connectivity index (χ1n) is 7.65. The molecule has 3 heterocycles. The van der Waals surface area contributed by atoms with Crippen molar-refractivity contribution in [2.75, 3.05) is 12.0 Å². The molecule has 0 aliphatic carbocycles. The molecule has 0 aliphatic rings. The van der Waals surface area contributed by atoms with Crippen LogP contribution >= 0.6 is 0 Å². The van der Waals surface area contributed by atoms with E-state index in [9.17, 15) is 12.8 Å². The number of nitrogens with zero attached hydrogens (tertiary/aromatic N) is 4. The first-order valence-corrected chi connectivity index (χ1v) is 9.54. The van der Waals surface area contributed by atoms with Crippen LogP contribution in [0.3, 0.4) is 0 Å². The van der Waals surface area contributed by atoms with Crippen LogP contribution in [0.1, 0.15) is 5.69 Å². The van der Waals surface area contributed by atoms with E-state index < -0.39 is 9.84 Å². The first kappa shape index (κ1) is 16.4. The summed E-state index contributed by atoms with van der Waals surface area (Å²) in [5, 5.41) is 4.81. The fraction of sp³-hybridized carbons (Fsp3) is 0.118. The summed E-state index contributed by atoms with van der Waals surface area (Å²) in [6.45, 7) is 1.58. The van der Waals surface area contributed by atoms with E-state index in [1.54, 1.807) is 25.3 Å². The quantitative estimate of drug-likeness (QED) is 0.580. The van der Waals surface area contributed by atoms with E-state index in [1.807, 2.05) is 0 Å². The Morgan fingerprint density at radius 1 is 1.19 bits per heavy atom. The van der Waals surface area contributed by atoms with E-state index in [-0.39, 0.29) is 16.5 Å². The third-order valence-electron chi connectivity index (χ3n) is 4.13. The number of aryl methyl sites for hydroxylation is 1. The highest BCUT2D eigenvalue weighted by Crippen LogP contribution is 2.30. The molecular formula is C17H14FN5O2S. The Kier molecular flexibility index (Phi) is 3.45. The van der Waals surface area contributed by atoms with Gasteiger partial charge in [-0.05, 0) is 31.2 Å². The van der Waals surface area contributed by atoms with Crippen LogP contribution < -0.4 is 5.73 Å². The van der Waals surface area contributed by atoms with E-state index in [0.29, 0.717) is 33.4 Å². The van der Waals surface area contributed by atoms with E-state index in [4.69, 9.17) is 5.73 Å². The molecule has 0 fully saturated rings. The molecule has 0 spiro atoms. The number of rotatable bonds is 2. The number of sulfone groups is 1. The zero-order valence-electron chi connectivity index (χ0n) is 13.9. The summed E-state index contributed by atoms with van der Waals surface area (Å²) in [6, 6.07) is 6.12. The van der Waals surface area contributed by atoms with Crippen LogP contribution in [-0.2, 0) is 9.84 Å². The summed E-state index contributed by atoms with van der Waals surface area (Å²) in [4.78, 5) is 8.66. The van der Waals surface area contributed by atoms with Crippen LogP contribution in [-0.4, -0.2) is 34.3 Å². The molecular weight excluding hydrogens is 357 g/mol. The second-order valence-corrected chi connectivity index (χ2v) is 7.99. The molecule has 9 heteroatoms. The molecule has 0 radical (unpaired) electrons. The number of nitrogen functional groups attached to an aromatic ring is 1. The van der Waals surface area contributed by atoms with Gasteiger partial charge in [0.2, 0.25) is 0 Å². The number of nitrogens with two attached hydrogens (primary N) is 1. The molecule has 0 bridgehead atoms. The lowest BCUT2D eigenvalue weighted by molar-refractivity contribution is 0.600. The highest BCUT2D eigenvalue weighted by atomic mass is 32.2. The largest absolute Gasteiger partial charge is 0.382 e. The molecule has 7 nitrogen and oxygen atoms in total. The van der Waals surface area contributed by atoms with Crippen molar-refractivity contribution in [2.45, 2.75) is 11.8 Å². The summed E-state index contributed by atoms with van der Waals surface area (Å²) in [7, 11) is -3.55. The van der Waals surface area contributed by atoms with E-state index in [2.05, 4.69) is 15.1 Å². The molecule has 3 aromatic heterocycles. The van der Waals surface area contributed by atoms with Crippen LogP contribution in [0.25, 0.3) is 27.7 Å². The number of anilines is 1. The van der Waals surface area contributed by atoms with Crippen molar-refractivity contribution in [3.8, 4) is 11.1 Å². The van der Waals surface area contributed by atoms with E-state index in [1.165, 1.54) is 22.8 Å². The molecule has 0 atom stereocenters. The van der Waals surface area contributed by atoms with Gasteiger partial charge in [0, 0.05) is 29.0 Å². The molecule has 4 rings (SSSR count). The van der Waals surface area contributed by atoms with Crippen molar-refractivity contribution in [3.63, 3.8) is 0 Å². The SMILES string of the molecule is Cc1nc2c(-c3cnc4ccc(F)cc4c3)cnn2c(N)c1S(C)(=O)=O. The van der Waals surface area contributed by atoms with Crippen molar-refractivity contribution in [2.24, 2.45) is 0 Å². The third kappa shape index (κ3) is 2.48. The van der Waals surface area contributed by atoms with Crippen LogP contribution in [0.5, 0.6) is 0 Å². The van der Waals surface area contributed by atoms with Crippen molar-refractivity contribution in [1.29, 1.82) is 0 Å². The molecule has 4 aromatic rings. The minimum atomic E-state index is -3.55. The fourth-order valence-corrected chi connectivity index (χ4v) is 4.08. The molecule has 0 amide bonds. The highest BCUT2D eigenvalue weighted by Gasteiger charge is 2.22. The summed E-state index contributed by atoms with van der Waals surface area (Å²) in [6.07, 6.45) is 4.24. The van der Waals surface area contributed by atoms with Gasteiger partial charge in [-0.25, -0.2) is 17.8 Å². The number of hydrogen-bond acceptors (Lipinski definition) is 6. The number of benzene rings is 1. The molecule has 0 aliphatic heterocycles. The Balaban J connectivity index is 1.99. The van der Waals surface area contributed by atoms with Crippen LogP contribution in [0.2, 0.25) is 0 Å². The van der Waals surface area contributed by atoms with Crippen LogP contribution in [0.15, 0.2) is 41.6 Å². The Labute approximate surface area is 148 Å². The lowest BCUT2D eigenvalue weighted by Crippen LogP contribution is -2.12. The van der Waals surface area contributed by atoms with Gasteiger partial charge in [0.25, 0.3) is 0 Å². The van der Waals surface area contributed by atoms with Gasteiger partial charge in [0.1, 0.15) is 16.5 Å². The number of pyridine rings is 1. The second-order valence-electron chi connectivity index (χ2n) is 6.04. The summed E-state index contributed by atoms with van der Waals surface area (Å²) in [5.74, 6) is -0.353. The zero-order valence-corrected chi connectivity index (χ0v) is 14.7. The lowest BCUT2D eigenvalue weighted by Gasteiger charge is -2.09. The first-order chi connectivity index (χ1) is 12.3. The number of hydrogen-bond donors (Lipinski definition) is 1. The maximum Gasteiger partial charge on any atom is 0.180 e. The Bertz CT molecular complexity index is 1300. The predicted molar refractivity (Wildman–Crippen MR) is 95.9 cm³/mol. The van der Waals surface area contributed by atoms with Gasteiger partial charge >= 0.3 is 0 Å². The fourth-order valence-electron chi connectivity index (χ4n) is 3.03. The van der Waals surface area contributed by atoms with Crippen molar-refractivity contribution in [1.82, 2.24) is 19.6 Å². The average molecular weight is 371 g/mol. The minimum absolute atomic E-state index is 0.000966. The third-order valence-corrected chi connectivity index (χ3v) is 5.38. The van der Waals surface area contributed by atoms with Gasteiger partial charge < -0.3 is 5.73 Å². The van der Waals surface area contributed by atoms with Crippen LogP contribution in [0.4, 0.5) is 10.2 Å². The summed E-state index contributed by atoms with van der Waals surface area (Å²) in [5.41, 5.74) is 8.68. The van der Waals surface area contributed by atoms with E-state index >= 15 is 0 Å². The van der Waals surface area contributed by atoms with Gasteiger partial charge in [-0.2, -0.15) is 9.61 Å². The van der Waals surface area contributed by atoms with Gasteiger partial charge in [-0.3, -0.25) is 4.98 Å². The van der Waals surface area contributed by atoms with Crippen molar-refractivity contribution < 1.29 is 12.8 Å². The van der Waals surface area contributed by atoms with Gasteiger partial charge in [-0.15, -0.1) is 0 Å². The standard InChI is InChI=1S/C17H14FN5O2S/c1-9-15(26(2,24)25)16(19)23-17(22-9)13(8-21-23)11-5-10-6-12(18)3-4-14(10)20-7-11/h3-8H,19H2,1-2H3. The molecule has 26 heavy (non-hydrogen) atoms. The molecule has 0 unspecified atom stereocenters. The second kappa shape index (κ2) is 5.46. The Morgan fingerprint density at radius 3 is 2.69 bits per heavy atom. The van der Waals surface area contributed by atoms with Gasteiger partial charge in [-0.1, -0.05) is 0 Å². The monoisotopic (exact) mass is 371 g/mol.